The van der Waals surface area contributed by atoms with E-state index >= 15 is 0 Å². The van der Waals surface area contributed by atoms with Crippen LogP contribution >= 0.6 is 0 Å². The van der Waals surface area contributed by atoms with Gasteiger partial charge in [0, 0.05) is 25.2 Å². The van der Waals surface area contributed by atoms with Crippen LogP contribution < -0.4 is 16.0 Å². The third kappa shape index (κ3) is 3.59. The SMILES string of the molecule is CC(C)NC(=O)NC1CCC2(CC1)CNCCO2. The Labute approximate surface area is 109 Å². The fourth-order valence-electron chi connectivity index (χ4n) is 2.81. The summed E-state index contributed by atoms with van der Waals surface area (Å²) in [6.45, 7) is 6.66. The first kappa shape index (κ1) is 13.6. The fourth-order valence-corrected chi connectivity index (χ4v) is 2.81. The highest BCUT2D eigenvalue weighted by Gasteiger charge is 2.37. The van der Waals surface area contributed by atoms with Crippen LogP contribution in [0.5, 0.6) is 0 Å². The zero-order valence-corrected chi connectivity index (χ0v) is 11.4. The standard InChI is InChI=1S/C13H25N3O2/c1-10(2)15-12(17)16-11-3-5-13(6-4-11)9-14-7-8-18-13/h10-11,14H,3-9H2,1-2H3,(H2,15,16,17). The molecule has 1 spiro atoms. The lowest BCUT2D eigenvalue weighted by Gasteiger charge is -2.43. The van der Waals surface area contributed by atoms with E-state index in [4.69, 9.17) is 4.74 Å². The number of nitrogens with one attached hydrogen (secondary N) is 3. The van der Waals surface area contributed by atoms with E-state index in [-0.39, 0.29) is 17.7 Å². The average Bonchev–Trinajstić information content (AvgIpc) is 2.33. The molecule has 5 heteroatoms. The van der Waals surface area contributed by atoms with Crippen molar-refractivity contribution in [1.82, 2.24) is 16.0 Å². The van der Waals surface area contributed by atoms with Crippen LogP contribution in [0.2, 0.25) is 0 Å². The maximum absolute atomic E-state index is 11.6. The summed E-state index contributed by atoms with van der Waals surface area (Å²) >= 11 is 0. The number of rotatable bonds is 2. The van der Waals surface area contributed by atoms with Gasteiger partial charge in [0.05, 0.1) is 12.2 Å². The first-order valence-corrected chi connectivity index (χ1v) is 7.01. The molecule has 0 atom stereocenters. The van der Waals surface area contributed by atoms with E-state index in [9.17, 15) is 4.79 Å². The van der Waals surface area contributed by atoms with Crippen molar-refractivity contribution < 1.29 is 9.53 Å². The molecule has 1 aliphatic heterocycles. The molecule has 3 N–H and O–H groups in total. The van der Waals surface area contributed by atoms with Gasteiger partial charge >= 0.3 is 6.03 Å². The number of hydrogen-bond donors (Lipinski definition) is 3. The third-order valence-electron chi connectivity index (χ3n) is 3.79. The summed E-state index contributed by atoms with van der Waals surface area (Å²) in [5, 5.41) is 9.32. The number of ether oxygens (including phenoxy) is 1. The Bertz CT molecular complexity index is 278. The van der Waals surface area contributed by atoms with Crippen molar-refractivity contribution in [3.63, 3.8) is 0 Å². The summed E-state index contributed by atoms with van der Waals surface area (Å²) in [5.41, 5.74) is 0.0327. The van der Waals surface area contributed by atoms with Gasteiger partial charge in [-0.25, -0.2) is 4.79 Å². The highest BCUT2D eigenvalue weighted by molar-refractivity contribution is 5.74. The molecule has 0 radical (unpaired) electrons. The summed E-state index contributed by atoms with van der Waals surface area (Å²) in [4.78, 5) is 11.6. The van der Waals surface area contributed by atoms with Gasteiger partial charge in [-0.3, -0.25) is 0 Å². The average molecular weight is 255 g/mol. The van der Waals surface area contributed by atoms with Crippen LogP contribution in [-0.2, 0) is 4.74 Å². The smallest absolute Gasteiger partial charge is 0.315 e. The Balaban J connectivity index is 1.74. The van der Waals surface area contributed by atoms with Gasteiger partial charge in [-0.1, -0.05) is 0 Å². The van der Waals surface area contributed by atoms with Gasteiger partial charge in [0.1, 0.15) is 0 Å². The number of amides is 2. The summed E-state index contributed by atoms with van der Waals surface area (Å²) in [5.74, 6) is 0. The van der Waals surface area contributed by atoms with Crippen LogP contribution in [0.25, 0.3) is 0 Å². The summed E-state index contributed by atoms with van der Waals surface area (Å²) < 4.78 is 5.93. The number of carbonyl (C=O) groups is 1. The molecule has 0 unspecified atom stereocenters. The lowest BCUT2D eigenvalue weighted by molar-refractivity contribution is -0.0907. The lowest BCUT2D eigenvalue weighted by atomic mass is 9.81. The maximum atomic E-state index is 11.6. The van der Waals surface area contributed by atoms with Gasteiger partial charge in [-0.05, 0) is 39.5 Å². The molecule has 1 heterocycles. The first-order valence-electron chi connectivity index (χ1n) is 7.01. The molecule has 18 heavy (non-hydrogen) atoms. The normalized spacial score (nSPS) is 32.5. The molecule has 0 aromatic heterocycles. The largest absolute Gasteiger partial charge is 0.372 e. The molecule has 2 rings (SSSR count). The van der Waals surface area contributed by atoms with E-state index in [0.717, 1.165) is 45.4 Å². The number of morpholine rings is 1. The van der Waals surface area contributed by atoms with Gasteiger partial charge in [0.15, 0.2) is 0 Å². The predicted octanol–water partition coefficient (Wildman–Crippen LogP) is 0.995. The Morgan fingerprint density at radius 2 is 2.11 bits per heavy atom. The molecule has 2 amide bonds. The van der Waals surface area contributed by atoms with E-state index in [2.05, 4.69) is 16.0 Å². The summed E-state index contributed by atoms with van der Waals surface area (Å²) in [6.07, 6.45) is 4.08. The summed E-state index contributed by atoms with van der Waals surface area (Å²) in [6, 6.07) is 0.430. The molecule has 104 valence electrons. The third-order valence-corrected chi connectivity index (χ3v) is 3.79. The van der Waals surface area contributed by atoms with Crippen molar-refractivity contribution in [2.24, 2.45) is 0 Å². The minimum Gasteiger partial charge on any atom is -0.372 e. The van der Waals surface area contributed by atoms with E-state index < -0.39 is 0 Å². The molecular weight excluding hydrogens is 230 g/mol. The second-order valence-corrected chi connectivity index (χ2v) is 5.76. The van der Waals surface area contributed by atoms with E-state index in [1.807, 2.05) is 13.8 Å². The summed E-state index contributed by atoms with van der Waals surface area (Å²) in [7, 11) is 0. The molecule has 1 aliphatic carbocycles. The van der Waals surface area contributed by atoms with Crippen molar-refractivity contribution in [2.75, 3.05) is 19.7 Å². The van der Waals surface area contributed by atoms with Crippen LogP contribution in [-0.4, -0.2) is 43.4 Å². The second-order valence-electron chi connectivity index (χ2n) is 5.76. The molecule has 2 fully saturated rings. The molecule has 0 bridgehead atoms. The molecule has 0 aromatic rings. The Hall–Kier alpha value is -0.810. The number of urea groups is 1. The van der Waals surface area contributed by atoms with Crippen molar-refractivity contribution in [3.05, 3.63) is 0 Å². The quantitative estimate of drug-likeness (QED) is 0.689. The van der Waals surface area contributed by atoms with Crippen molar-refractivity contribution in [3.8, 4) is 0 Å². The van der Waals surface area contributed by atoms with Crippen molar-refractivity contribution in [2.45, 2.75) is 57.2 Å². The zero-order valence-electron chi connectivity index (χ0n) is 11.4. The Morgan fingerprint density at radius 3 is 2.67 bits per heavy atom. The molecule has 1 saturated carbocycles. The van der Waals surface area contributed by atoms with Gasteiger partial charge in [-0.15, -0.1) is 0 Å². The lowest BCUT2D eigenvalue weighted by Crippen LogP contribution is -2.54. The van der Waals surface area contributed by atoms with E-state index in [1.54, 1.807) is 0 Å². The maximum Gasteiger partial charge on any atom is 0.315 e. The predicted molar refractivity (Wildman–Crippen MR) is 70.6 cm³/mol. The van der Waals surface area contributed by atoms with Crippen molar-refractivity contribution in [1.29, 1.82) is 0 Å². The van der Waals surface area contributed by atoms with E-state index in [1.165, 1.54) is 0 Å². The molecular formula is C13H25N3O2. The van der Waals surface area contributed by atoms with Crippen LogP contribution in [0.4, 0.5) is 4.79 Å². The van der Waals surface area contributed by atoms with Gasteiger partial charge < -0.3 is 20.7 Å². The van der Waals surface area contributed by atoms with Gasteiger partial charge in [-0.2, -0.15) is 0 Å². The number of hydrogen-bond acceptors (Lipinski definition) is 3. The first-order chi connectivity index (χ1) is 8.60. The minimum atomic E-state index is -0.0476. The van der Waals surface area contributed by atoms with Crippen LogP contribution in [0, 0.1) is 0 Å². The molecule has 1 saturated heterocycles. The topological polar surface area (TPSA) is 62.4 Å². The van der Waals surface area contributed by atoms with Crippen LogP contribution in [0.15, 0.2) is 0 Å². The second kappa shape index (κ2) is 5.89. The highest BCUT2D eigenvalue weighted by atomic mass is 16.5. The van der Waals surface area contributed by atoms with Crippen LogP contribution in [0.1, 0.15) is 39.5 Å². The molecule has 0 aromatic carbocycles. The Kier molecular flexibility index (Phi) is 4.45. The minimum absolute atomic E-state index is 0.0327. The highest BCUT2D eigenvalue weighted by Crippen LogP contribution is 2.32. The Morgan fingerprint density at radius 1 is 1.39 bits per heavy atom. The zero-order chi connectivity index (χ0) is 13.0. The van der Waals surface area contributed by atoms with E-state index in [0.29, 0.717) is 6.04 Å². The number of carbonyl (C=O) groups excluding carboxylic acids is 1. The monoisotopic (exact) mass is 255 g/mol. The van der Waals surface area contributed by atoms with Crippen molar-refractivity contribution >= 4 is 6.03 Å². The van der Waals surface area contributed by atoms with Gasteiger partial charge in [0.2, 0.25) is 0 Å². The molecule has 2 aliphatic rings. The fraction of sp³-hybridized carbons (Fsp3) is 0.923. The molecule has 5 nitrogen and oxygen atoms in total. The van der Waals surface area contributed by atoms with Crippen LogP contribution in [0.3, 0.4) is 0 Å². The van der Waals surface area contributed by atoms with Gasteiger partial charge in [0.25, 0.3) is 0 Å².